The van der Waals surface area contributed by atoms with Gasteiger partial charge in [-0.2, -0.15) is 0 Å². The molecule has 0 bridgehead atoms. The Bertz CT molecular complexity index is 68.1. The third kappa shape index (κ3) is 2.43. The van der Waals surface area contributed by atoms with Crippen LogP contribution in [-0.4, -0.2) is 10.2 Å². The summed E-state index contributed by atoms with van der Waals surface area (Å²) in [5.41, 5.74) is 0. The van der Waals surface area contributed by atoms with Crippen LogP contribution in [-0.2, 0) is 0 Å². The van der Waals surface area contributed by atoms with Gasteiger partial charge in [-0.05, 0) is 12.8 Å². The van der Waals surface area contributed by atoms with Crippen molar-refractivity contribution >= 4 is 34.8 Å². The van der Waals surface area contributed by atoms with Crippen molar-refractivity contribution in [1.29, 1.82) is 0 Å². The van der Waals surface area contributed by atoms with E-state index in [1.807, 2.05) is 6.92 Å². The normalized spacial score (nSPS) is 12.8. The van der Waals surface area contributed by atoms with Crippen LogP contribution in [0.25, 0.3) is 0 Å². The summed E-state index contributed by atoms with van der Waals surface area (Å²) in [6, 6.07) is 0. The second-order valence-electron chi connectivity index (χ2n) is 1.80. The molecule has 0 spiro atoms. The van der Waals surface area contributed by atoms with Crippen LogP contribution in [0.15, 0.2) is 0 Å². The smallest absolute Gasteiger partial charge is 0.123 e. The van der Waals surface area contributed by atoms with E-state index in [1.54, 1.807) is 0 Å². The summed E-state index contributed by atoms with van der Waals surface area (Å²) in [5, 5.41) is 0. The minimum absolute atomic E-state index is 0.0386. The summed E-state index contributed by atoms with van der Waals surface area (Å²) in [7, 11) is 0. The molecule has 0 aromatic rings. The molecule has 0 aliphatic heterocycles. The molecule has 0 N–H and O–H groups in total. The van der Waals surface area contributed by atoms with Gasteiger partial charge in [-0.25, -0.2) is 0 Å². The average molecular weight is 174 g/mol. The Balaban J connectivity index is 3.71. The Hall–Kier alpha value is 0.870. The molecule has 0 rings (SSSR count). The van der Waals surface area contributed by atoms with E-state index in [1.165, 1.54) is 0 Å². The standard InChI is InChI=1S/C5H8Cl3/c1-4(2)5(7,8)3-6/h4H,1,3H2,2H3. The van der Waals surface area contributed by atoms with E-state index in [4.69, 9.17) is 34.8 Å². The number of rotatable bonds is 2. The Morgan fingerprint density at radius 2 is 2.00 bits per heavy atom. The van der Waals surface area contributed by atoms with Crippen molar-refractivity contribution in [3.8, 4) is 0 Å². The van der Waals surface area contributed by atoms with Crippen LogP contribution in [0.1, 0.15) is 6.92 Å². The van der Waals surface area contributed by atoms with Gasteiger partial charge in [0, 0.05) is 0 Å². The maximum absolute atomic E-state index is 5.63. The van der Waals surface area contributed by atoms with E-state index in [-0.39, 0.29) is 11.8 Å². The fourth-order valence-electron chi connectivity index (χ4n) is 0.132. The fourth-order valence-corrected chi connectivity index (χ4v) is 0.395. The molecule has 0 heterocycles. The Morgan fingerprint density at radius 1 is 1.62 bits per heavy atom. The van der Waals surface area contributed by atoms with E-state index >= 15 is 0 Å². The molecule has 0 amide bonds. The van der Waals surface area contributed by atoms with Gasteiger partial charge in [-0.3, -0.25) is 0 Å². The first kappa shape index (κ1) is 8.87. The van der Waals surface area contributed by atoms with E-state index in [9.17, 15) is 0 Å². The van der Waals surface area contributed by atoms with Crippen molar-refractivity contribution in [2.24, 2.45) is 5.92 Å². The van der Waals surface area contributed by atoms with Gasteiger partial charge in [0.2, 0.25) is 0 Å². The third-order valence-corrected chi connectivity index (χ3v) is 2.61. The van der Waals surface area contributed by atoms with Crippen molar-refractivity contribution < 1.29 is 0 Å². The highest BCUT2D eigenvalue weighted by atomic mass is 35.5. The lowest BCUT2D eigenvalue weighted by molar-refractivity contribution is 0.653. The van der Waals surface area contributed by atoms with Crippen molar-refractivity contribution in [1.82, 2.24) is 0 Å². The quantitative estimate of drug-likeness (QED) is 0.565. The van der Waals surface area contributed by atoms with Gasteiger partial charge < -0.3 is 0 Å². The van der Waals surface area contributed by atoms with E-state index < -0.39 is 4.33 Å². The zero-order chi connectivity index (χ0) is 6.78. The second kappa shape index (κ2) is 3.14. The van der Waals surface area contributed by atoms with Gasteiger partial charge in [0.25, 0.3) is 0 Å². The molecular weight excluding hydrogens is 166 g/mol. The highest BCUT2D eigenvalue weighted by Crippen LogP contribution is 2.30. The summed E-state index contributed by atoms with van der Waals surface area (Å²) in [6.07, 6.45) is 0. The van der Waals surface area contributed by atoms with Gasteiger partial charge >= 0.3 is 0 Å². The molecule has 8 heavy (non-hydrogen) atoms. The van der Waals surface area contributed by atoms with Gasteiger partial charge in [0.1, 0.15) is 4.33 Å². The molecule has 3 heteroatoms. The minimum atomic E-state index is -0.860. The summed E-state index contributed by atoms with van der Waals surface area (Å²) < 4.78 is -0.860. The molecule has 1 radical (unpaired) electrons. The zero-order valence-corrected chi connectivity index (χ0v) is 6.89. The van der Waals surface area contributed by atoms with Crippen molar-refractivity contribution in [3.05, 3.63) is 6.92 Å². The summed E-state index contributed by atoms with van der Waals surface area (Å²) in [4.78, 5) is 0. The molecule has 0 aliphatic rings. The molecule has 0 fully saturated rings. The van der Waals surface area contributed by atoms with Crippen LogP contribution in [0, 0.1) is 12.8 Å². The molecule has 0 saturated carbocycles. The van der Waals surface area contributed by atoms with Crippen LogP contribution in [0.3, 0.4) is 0 Å². The van der Waals surface area contributed by atoms with Crippen LogP contribution in [0.5, 0.6) is 0 Å². The molecular formula is C5H8Cl3. The van der Waals surface area contributed by atoms with Gasteiger partial charge in [0.05, 0.1) is 5.88 Å². The maximum atomic E-state index is 5.63. The zero-order valence-electron chi connectivity index (χ0n) is 4.63. The predicted octanol–water partition coefficient (Wildman–Crippen LogP) is 2.87. The molecule has 49 valence electrons. The first-order chi connectivity index (χ1) is 3.50. The highest BCUT2D eigenvalue weighted by Gasteiger charge is 2.26. The molecule has 0 nitrogen and oxygen atoms in total. The molecule has 0 aromatic carbocycles. The molecule has 0 aromatic heterocycles. The molecule has 1 atom stereocenters. The van der Waals surface area contributed by atoms with Crippen LogP contribution in [0.4, 0.5) is 0 Å². The van der Waals surface area contributed by atoms with Crippen molar-refractivity contribution in [3.63, 3.8) is 0 Å². The molecule has 1 unspecified atom stereocenters. The van der Waals surface area contributed by atoms with E-state index in [0.29, 0.717) is 0 Å². The first-order valence-corrected chi connectivity index (χ1v) is 3.56. The number of halogens is 3. The highest BCUT2D eigenvalue weighted by molar-refractivity contribution is 6.51. The lowest BCUT2D eigenvalue weighted by Crippen LogP contribution is -2.22. The van der Waals surface area contributed by atoms with Crippen molar-refractivity contribution in [2.45, 2.75) is 11.3 Å². The summed E-state index contributed by atoms with van der Waals surface area (Å²) >= 11 is 16.6. The number of hydrogen-bond acceptors (Lipinski definition) is 0. The Kier molecular flexibility index (Phi) is 3.49. The number of hydrogen-bond donors (Lipinski definition) is 0. The Morgan fingerprint density at radius 3 is 2.00 bits per heavy atom. The predicted molar refractivity (Wildman–Crippen MR) is 39.7 cm³/mol. The van der Waals surface area contributed by atoms with E-state index in [0.717, 1.165) is 0 Å². The third-order valence-electron chi connectivity index (χ3n) is 0.899. The monoisotopic (exact) mass is 173 g/mol. The van der Waals surface area contributed by atoms with Crippen LogP contribution >= 0.6 is 34.8 Å². The van der Waals surface area contributed by atoms with Gasteiger partial charge in [-0.1, -0.05) is 6.92 Å². The topological polar surface area (TPSA) is 0 Å². The lowest BCUT2D eigenvalue weighted by Gasteiger charge is -2.19. The van der Waals surface area contributed by atoms with Crippen molar-refractivity contribution in [2.75, 3.05) is 5.88 Å². The second-order valence-corrected chi connectivity index (χ2v) is 3.61. The van der Waals surface area contributed by atoms with Crippen LogP contribution in [0.2, 0.25) is 0 Å². The molecule has 0 aliphatic carbocycles. The minimum Gasteiger partial charge on any atom is -0.123 e. The summed E-state index contributed by atoms with van der Waals surface area (Å²) in [5.74, 6) is 0.184. The first-order valence-electron chi connectivity index (χ1n) is 2.27. The fraction of sp³-hybridized carbons (Fsp3) is 0.800. The molecule has 0 saturated heterocycles. The summed E-state index contributed by atoms with van der Waals surface area (Å²) in [6.45, 7) is 5.45. The van der Waals surface area contributed by atoms with Gasteiger partial charge in [0.15, 0.2) is 0 Å². The van der Waals surface area contributed by atoms with Gasteiger partial charge in [-0.15, -0.1) is 34.8 Å². The van der Waals surface area contributed by atoms with Crippen LogP contribution < -0.4 is 0 Å². The van der Waals surface area contributed by atoms with E-state index in [2.05, 4.69) is 6.92 Å². The SMILES string of the molecule is [CH2]C(C)C(Cl)(Cl)CCl. The lowest BCUT2D eigenvalue weighted by atomic mass is 10.1. The average Bonchev–Trinajstić information content (AvgIpc) is 1.67. The maximum Gasteiger partial charge on any atom is 0.134 e. The Labute approximate surface area is 65.1 Å². The number of alkyl halides is 3. The largest absolute Gasteiger partial charge is 0.134 e.